The molecule has 0 saturated heterocycles. The van der Waals surface area contributed by atoms with Gasteiger partial charge >= 0.3 is 11.7 Å². The maximum atomic E-state index is 11.9. The van der Waals surface area contributed by atoms with Crippen molar-refractivity contribution < 1.29 is 15.0 Å². The summed E-state index contributed by atoms with van der Waals surface area (Å²) in [6.07, 6.45) is 1.40. The lowest BCUT2D eigenvalue weighted by atomic mass is 10.3. The van der Waals surface area contributed by atoms with Gasteiger partial charge in [-0.3, -0.25) is 19.6 Å². The smallest absolute Gasteiger partial charge is 0.335 e. The third kappa shape index (κ3) is 3.94. The number of H-pyrrole nitrogens is 1. The number of hydrogen-bond acceptors (Lipinski definition) is 5. The second-order valence-electron chi connectivity index (χ2n) is 4.70. The van der Waals surface area contributed by atoms with Gasteiger partial charge in [-0.15, -0.1) is 0 Å². The zero-order valence-electron chi connectivity index (χ0n) is 12.1. The van der Waals surface area contributed by atoms with E-state index in [1.54, 1.807) is 30.3 Å². The second kappa shape index (κ2) is 7.21. The first-order valence-electron chi connectivity index (χ1n) is 6.86. The topological polar surface area (TPSA) is 125 Å². The first kappa shape index (κ1) is 16.2. The molecule has 0 spiro atoms. The van der Waals surface area contributed by atoms with Crippen molar-refractivity contribution >= 4 is 12.2 Å². The summed E-state index contributed by atoms with van der Waals surface area (Å²) in [6.45, 7) is 0.190. The fraction of sp³-hybridized carbons (Fsp3) is 0.200. The second-order valence-corrected chi connectivity index (χ2v) is 4.70. The number of aromatic nitrogens is 2. The standard InChI is InChI=1S/C15H15N3O5/c19-12(20)7-4-8-16-9-11-13(21)17-15(23)18(14(11)22)10-5-2-1-3-6-10/h1-3,5-6,9,22H,4,7-8H2,(H,19,20)(H,17,21,23). The molecule has 2 rings (SSSR count). The van der Waals surface area contributed by atoms with Gasteiger partial charge in [0.1, 0.15) is 5.56 Å². The number of benzene rings is 1. The molecular formula is C15H15N3O5. The van der Waals surface area contributed by atoms with Crippen LogP contribution < -0.4 is 11.2 Å². The number of nitrogens with one attached hydrogen (secondary N) is 1. The highest BCUT2D eigenvalue weighted by molar-refractivity contribution is 5.82. The lowest BCUT2D eigenvalue weighted by Crippen LogP contribution is -2.31. The number of rotatable bonds is 6. The van der Waals surface area contributed by atoms with E-state index in [-0.39, 0.29) is 18.5 Å². The van der Waals surface area contributed by atoms with Crippen molar-refractivity contribution in [3.05, 3.63) is 56.7 Å². The van der Waals surface area contributed by atoms with Gasteiger partial charge < -0.3 is 10.2 Å². The van der Waals surface area contributed by atoms with E-state index < -0.39 is 23.1 Å². The first-order chi connectivity index (χ1) is 11.0. The molecule has 120 valence electrons. The normalized spacial score (nSPS) is 11.0. The highest BCUT2D eigenvalue weighted by atomic mass is 16.4. The summed E-state index contributed by atoms with van der Waals surface area (Å²) in [5.41, 5.74) is -1.29. The number of aliphatic imine (C=N–C) groups is 1. The molecule has 0 atom stereocenters. The minimum Gasteiger partial charge on any atom is -0.493 e. The van der Waals surface area contributed by atoms with Crippen LogP contribution in [0.3, 0.4) is 0 Å². The van der Waals surface area contributed by atoms with Crippen LogP contribution in [0.15, 0.2) is 44.9 Å². The molecule has 1 heterocycles. The van der Waals surface area contributed by atoms with E-state index in [4.69, 9.17) is 5.11 Å². The predicted octanol–water partition coefficient (Wildman–Crippen LogP) is 0.515. The van der Waals surface area contributed by atoms with Gasteiger partial charge in [0.05, 0.1) is 5.69 Å². The highest BCUT2D eigenvalue weighted by Crippen LogP contribution is 2.14. The molecule has 8 nitrogen and oxygen atoms in total. The van der Waals surface area contributed by atoms with Gasteiger partial charge in [0.15, 0.2) is 0 Å². The first-order valence-corrected chi connectivity index (χ1v) is 6.86. The molecule has 0 radical (unpaired) electrons. The van der Waals surface area contributed by atoms with Crippen LogP contribution in [-0.4, -0.2) is 38.5 Å². The number of carbonyl (C=O) groups is 1. The van der Waals surface area contributed by atoms with Crippen molar-refractivity contribution in [1.29, 1.82) is 0 Å². The van der Waals surface area contributed by atoms with Crippen LogP contribution in [0.25, 0.3) is 5.69 Å². The Labute approximate surface area is 130 Å². The molecule has 0 saturated carbocycles. The summed E-state index contributed by atoms with van der Waals surface area (Å²) in [5, 5.41) is 18.7. The van der Waals surface area contributed by atoms with Gasteiger partial charge in [-0.1, -0.05) is 18.2 Å². The lowest BCUT2D eigenvalue weighted by molar-refractivity contribution is -0.137. The zero-order valence-corrected chi connectivity index (χ0v) is 12.1. The molecule has 0 amide bonds. The van der Waals surface area contributed by atoms with Crippen LogP contribution in [0.4, 0.5) is 0 Å². The number of hydrogen-bond donors (Lipinski definition) is 3. The quantitative estimate of drug-likeness (QED) is 0.529. The summed E-state index contributed by atoms with van der Waals surface area (Å²) in [7, 11) is 0. The number of aromatic hydroxyl groups is 1. The van der Waals surface area contributed by atoms with Gasteiger partial charge in [-0.05, 0) is 18.6 Å². The number of aromatic amines is 1. The molecule has 1 aromatic carbocycles. The Balaban J connectivity index is 2.34. The minimum atomic E-state index is -0.932. The summed E-state index contributed by atoms with van der Waals surface area (Å²) in [6, 6.07) is 8.33. The van der Waals surface area contributed by atoms with Gasteiger partial charge in [0, 0.05) is 19.2 Å². The monoisotopic (exact) mass is 317 g/mol. The molecule has 0 aliphatic heterocycles. The summed E-state index contributed by atoms with van der Waals surface area (Å²) < 4.78 is 0.958. The number of carboxylic acid groups (broad SMARTS) is 1. The predicted molar refractivity (Wildman–Crippen MR) is 83.7 cm³/mol. The van der Waals surface area contributed by atoms with E-state index in [1.165, 1.54) is 0 Å². The SMILES string of the molecule is O=C(O)CCCN=Cc1c(O)n(-c2ccccc2)c(=O)[nH]c1=O. The Bertz CT molecular complexity index is 836. The number of aliphatic carboxylic acids is 1. The Morgan fingerprint density at radius 1 is 1.26 bits per heavy atom. The van der Waals surface area contributed by atoms with Gasteiger partial charge in [0.2, 0.25) is 5.88 Å². The Morgan fingerprint density at radius 2 is 1.96 bits per heavy atom. The zero-order chi connectivity index (χ0) is 16.8. The van der Waals surface area contributed by atoms with E-state index in [0.717, 1.165) is 10.8 Å². The molecule has 2 aromatic rings. The van der Waals surface area contributed by atoms with Crippen molar-refractivity contribution in [3.8, 4) is 11.6 Å². The van der Waals surface area contributed by atoms with Crippen molar-refractivity contribution in [2.24, 2.45) is 4.99 Å². The van der Waals surface area contributed by atoms with Crippen LogP contribution in [0.2, 0.25) is 0 Å². The molecule has 0 fully saturated rings. The lowest BCUT2D eigenvalue weighted by Gasteiger charge is -2.09. The van der Waals surface area contributed by atoms with Gasteiger partial charge in [0.25, 0.3) is 5.56 Å². The summed E-state index contributed by atoms with van der Waals surface area (Å²) >= 11 is 0. The summed E-state index contributed by atoms with van der Waals surface area (Å²) in [5.74, 6) is -1.45. The van der Waals surface area contributed by atoms with Crippen molar-refractivity contribution in [2.45, 2.75) is 12.8 Å². The Kier molecular flexibility index (Phi) is 5.08. The van der Waals surface area contributed by atoms with Crippen LogP contribution >= 0.6 is 0 Å². The number of para-hydroxylation sites is 1. The minimum absolute atomic E-state index is 0.0385. The Morgan fingerprint density at radius 3 is 2.61 bits per heavy atom. The molecule has 3 N–H and O–H groups in total. The molecule has 23 heavy (non-hydrogen) atoms. The summed E-state index contributed by atoms with van der Waals surface area (Å²) in [4.78, 5) is 40.1. The van der Waals surface area contributed by atoms with Crippen molar-refractivity contribution in [3.63, 3.8) is 0 Å². The maximum absolute atomic E-state index is 11.9. The maximum Gasteiger partial charge on any atom is 0.335 e. The van der Waals surface area contributed by atoms with E-state index in [2.05, 4.69) is 9.98 Å². The molecule has 0 bridgehead atoms. The number of carboxylic acids is 1. The molecule has 8 heteroatoms. The fourth-order valence-corrected chi connectivity index (χ4v) is 1.95. The molecule has 1 aromatic heterocycles. The molecular weight excluding hydrogens is 302 g/mol. The molecule has 0 aliphatic carbocycles. The van der Waals surface area contributed by atoms with Crippen LogP contribution in [0, 0.1) is 0 Å². The molecule has 0 unspecified atom stereocenters. The third-order valence-electron chi connectivity index (χ3n) is 3.03. The number of nitrogens with zero attached hydrogens (tertiary/aromatic N) is 2. The van der Waals surface area contributed by atoms with E-state index in [1.807, 2.05) is 0 Å². The van der Waals surface area contributed by atoms with E-state index in [9.17, 15) is 19.5 Å². The van der Waals surface area contributed by atoms with Crippen molar-refractivity contribution in [1.82, 2.24) is 9.55 Å². The van der Waals surface area contributed by atoms with Crippen molar-refractivity contribution in [2.75, 3.05) is 6.54 Å². The van der Waals surface area contributed by atoms with E-state index >= 15 is 0 Å². The van der Waals surface area contributed by atoms with Crippen LogP contribution in [0.1, 0.15) is 18.4 Å². The third-order valence-corrected chi connectivity index (χ3v) is 3.03. The fourth-order valence-electron chi connectivity index (χ4n) is 1.95. The molecule has 0 aliphatic rings. The average molecular weight is 317 g/mol. The highest BCUT2D eigenvalue weighted by Gasteiger charge is 2.13. The average Bonchev–Trinajstić information content (AvgIpc) is 2.50. The Hall–Kier alpha value is -3.16. The largest absolute Gasteiger partial charge is 0.493 e. The van der Waals surface area contributed by atoms with Gasteiger partial charge in [-0.2, -0.15) is 0 Å². The van der Waals surface area contributed by atoms with Crippen LogP contribution in [-0.2, 0) is 4.79 Å². The van der Waals surface area contributed by atoms with Crippen LogP contribution in [0.5, 0.6) is 5.88 Å². The van der Waals surface area contributed by atoms with Gasteiger partial charge in [-0.25, -0.2) is 9.36 Å². The van der Waals surface area contributed by atoms with E-state index in [0.29, 0.717) is 12.1 Å².